The lowest BCUT2D eigenvalue weighted by atomic mass is 10.1. The summed E-state index contributed by atoms with van der Waals surface area (Å²) < 4.78 is 5.35. The molecule has 166 valence electrons. The van der Waals surface area contributed by atoms with Crippen LogP contribution >= 0.6 is 11.6 Å². The molecule has 7 nitrogen and oxygen atoms in total. The van der Waals surface area contributed by atoms with E-state index in [0.717, 1.165) is 17.5 Å². The Bertz CT molecular complexity index is 1070. The van der Waals surface area contributed by atoms with Crippen LogP contribution in [0.15, 0.2) is 65.2 Å². The van der Waals surface area contributed by atoms with Crippen molar-refractivity contribution in [3.63, 3.8) is 0 Å². The SMILES string of the molecule is CN(Cc1ccc(Cl)cc1)C(=O)C1CCCN1C(=O)NCc1cc(-c2ccccc2)no1. The smallest absolute Gasteiger partial charge is 0.318 e. The Morgan fingerprint density at radius 3 is 2.69 bits per heavy atom. The van der Waals surface area contributed by atoms with Crippen molar-refractivity contribution < 1.29 is 14.1 Å². The molecule has 0 radical (unpaired) electrons. The van der Waals surface area contributed by atoms with Crippen molar-refractivity contribution in [2.75, 3.05) is 13.6 Å². The van der Waals surface area contributed by atoms with Gasteiger partial charge in [-0.1, -0.05) is 59.2 Å². The van der Waals surface area contributed by atoms with Crippen molar-refractivity contribution in [3.8, 4) is 11.3 Å². The quantitative estimate of drug-likeness (QED) is 0.603. The molecule has 3 aromatic rings. The molecular formula is C24H25ClN4O3. The van der Waals surface area contributed by atoms with E-state index >= 15 is 0 Å². The summed E-state index contributed by atoms with van der Waals surface area (Å²) in [5.74, 6) is 0.484. The average Bonchev–Trinajstić information content (AvgIpc) is 3.49. The maximum atomic E-state index is 13.0. The summed E-state index contributed by atoms with van der Waals surface area (Å²) in [5, 5.41) is 7.57. The number of likely N-dealkylation sites (tertiary alicyclic amines) is 1. The molecule has 3 amide bonds. The summed E-state index contributed by atoms with van der Waals surface area (Å²) in [6, 6.07) is 18.1. The molecule has 1 unspecified atom stereocenters. The molecule has 0 saturated carbocycles. The number of benzene rings is 2. The number of halogens is 1. The molecule has 2 aromatic carbocycles. The van der Waals surface area contributed by atoms with Gasteiger partial charge < -0.3 is 19.6 Å². The first-order chi connectivity index (χ1) is 15.5. The van der Waals surface area contributed by atoms with Gasteiger partial charge in [-0.15, -0.1) is 0 Å². The van der Waals surface area contributed by atoms with Crippen LogP contribution in [0.3, 0.4) is 0 Å². The molecule has 8 heteroatoms. The van der Waals surface area contributed by atoms with Gasteiger partial charge in [0.2, 0.25) is 5.91 Å². The lowest BCUT2D eigenvalue weighted by Gasteiger charge is -2.28. The van der Waals surface area contributed by atoms with E-state index in [0.29, 0.717) is 36.0 Å². The van der Waals surface area contributed by atoms with Crippen LogP contribution in [0.2, 0.25) is 5.02 Å². The fourth-order valence-corrected chi connectivity index (χ4v) is 3.99. The average molecular weight is 453 g/mol. The number of aromatic nitrogens is 1. The molecule has 2 heterocycles. The number of rotatable bonds is 6. The van der Waals surface area contributed by atoms with Crippen LogP contribution in [0.4, 0.5) is 4.79 Å². The van der Waals surface area contributed by atoms with Gasteiger partial charge >= 0.3 is 6.03 Å². The zero-order valence-electron chi connectivity index (χ0n) is 17.8. The van der Waals surface area contributed by atoms with Crippen molar-refractivity contribution in [3.05, 3.63) is 77.0 Å². The molecule has 1 aliphatic rings. The second kappa shape index (κ2) is 9.87. The first-order valence-corrected chi connectivity index (χ1v) is 10.9. The van der Waals surface area contributed by atoms with Gasteiger partial charge in [0.1, 0.15) is 11.7 Å². The topological polar surface area (TPSA) is 78.7 Å². The predicted octanol–water partition coefficient (Wildman–Crippen LogP) is 4.33. The minimum absolute atomic E-state index is 0.0707. The maximum absolute atomic E-state index is 13.0. The third-order valence-corrected chi connectivity index (χ3v) is 5.80. The van der Waals surface area contributed by atoms with E-state index in [1.165, 1.54) is 0 Å². The van der Waals surface area contributed by atoms with Crippen molar-refractivity contribution >= 4 is 23.5 Å². The minimum Gasteiger partial charge on any atom is -0.359 e. The normalized spacial score (nSPS) is 15.6. The lowest BCUT2D eigenvalue weighted by molar-refractivity contribution is -0.134. The highest BCUT2D eigenvalue weighted by Gasteiger charge is 2.35. The fraction of sp³-hybridized carbons (Fsp3) is 0.292. The number of carbonyl (C=O) groups excluding carboxylic acids is 2. The Balaban J connectivity index is 1.33. The van der Waals surface area contributed by atoms with Crippen molar-refractivity contribution in [1.29, 1.82) is 0 Å². The number of hydrogen-bond donors (Lipinski definition) is 1. The number of nitrogens with zero attached hydrogens (tertiary/aromatic N) is 3. The van der Waals surface area contributed by atoms with Gasteiger partial charge in [-0.05, 0) is 30.5 Å². The Hall–Kier alpha value is -3.32. The summed E-state index contributed by atoms with van der Waals surface area (Å²) in [7, 11) is 1.75. The van der Waals surface area contributed by atoms with Crippen LogP contribution in [0.1, 0.15) is 24.2 Å². The van der Waals surface area contributed by atoms with Crippen LogP contribution in [-0.2, 0) is 17.9 Å². The van der Waals surface area contributed by atoms with Crippen molar-refractivity contribution in [2.24, 2.45) is 0 Å². The van der Waals surface area contributed by atoms with Gasteiger partial charge in [-0.3, -0.25) is 4.79 Å². The second-order valence-electron chi connectivity index (χ2n) is 7.88. The van der Waals surface area contributed by atoms with Crippen molar-refractivity contribution in [2.45, 2.75) is 32.0 Å². The summed E-state index contributed by atoms with van der Waals surface area (Å²) in [4.78, 5) is 29.1. The Morgan fingerprint density at radius 1 is 1.19 bits per heavy atom. The summed E-state index contributed by atoms with van der Waals surface area (Å²) >= 11 is 5.93. The zero-order valence-corrected chi connectivity index (χ0v) is 18.6. The van der Waals surface area contributed by atoms with E-state index in [1.54, 1.807) is 29.0 Å². The molecule has 0 spiro atoms. The van der Waals surface area contributed by atoms with E-state index in [9.17, 15) is 9.59 Å². The highest BCUT2D eigenvalue weighted by molar-refractivity contribution is 6.30. The van der Waals surface area contributed by atoms with E-state index < -0.39 is 6.04 Å². The molecule has 4 rings (SSSR count). The first-order valence-electron chi connectivity index (χ1n) is 10.6. The third kappa shape index (κ3) is 5.11. The van der Waals surface area contributed by atoms with Gasteiger partial charge in [0.05, 0.1) is 6.54 Å². The highest BCUT2D eigenvalue weighted by Crippen LogP contribution is 2.21. The second-order valence-corrected chi connectivity index (χ2v) is 8.31. The van der Waals surface area contributed by atoms with Crippen LogP contribution in [0, 0.1) is 0 Å². The number of carbonyl (C=O) groups is 2. The lowest BCUT2D eigenvalue weighted by Crippen LogP contribution is -2.49. The Labute approximate surface area is 191 Å². The Morgan fingerprint density at radius 2 is 1.94 bits per heavy atom. The molecule has 1 N–H and O–H groups in total. The van der Waals surface area contributed by atoms with Gasteiger partial charge in [0.25, 0.3) is 0 Å². The molecule has 0 aliphatic carbocycles. The minimum atomic E-state index is -0.470. The standard InChI is InChI=1S/C24H25ClN4O3/c1-28(16-17-9-11-19(25)12-10-17)23(30)22-8-5-13-29(22)24(31)26-15-20-14-21(27-32-20)18-6-3-2-4-7-18/h2-4,6-7,9-12,14,22H,5,8,13,15-16H2,1H3,(H,26,31). The summed E-state index contributed by atoms with van der Waals surface area (Å²) in [6.45, 7) is 1.21. The van der Waals surface area contributed by atoms with Gasteiger partial charge in [-0.2, -0.15) is 0 Å². The van der Waals surface area contributed by atoms with E-state index in [4.69, 9.17) is 16.1 Å². The predicted molar refractivity (Wildman–Crippen MR) is 122 cm³/mol. The molecule has 1 aromatic heterocycles. The molecular weight excluding hydrogens is 428 g/mol. The molecule has 1 fully saturated rings. The van der Waals surface area contributed by atoms with E-state index in [2.05, 4.69) is 10.5 Å². The molecule has 1 saturated heterocycles. The monoisotopic (exact) mass is 452 g/mol. The highest BCUT2D eigenvalue weighted by atomic mass is 35.5. The van der Waals surface area contributed by atoms with Crippen LogP contribution in [0.25, 0.3) is 11.3 Å². The fourth-order valence-electron chi connectivity index (χ4n) is 3.87. The van der Waals surface area contributed by atoms with Crippen LogP contribution < -0.4 is 5.32 Å². The summed E-state index contributed by atoms with van der Waals surface area (Å²) in [5.41, 5.74) is 2.65. The molecule has 1 aliphatic heterocycles. The summed E-state index contributed by atoms with van der Waals surface area (Å²) in [6.07, 6.45) is 1.44. The molecule has 0 bridgehead atoms. The largest absolute Gasteiger partial charge is 0.359 e. The van der Waals surface area contributed by atoms with E-state index in [-0.39, 0.29) is 18.5 Å². The number of urea groups is 1. The number of amides is 3. The van der Waals surface area contributed by atoms with Crippen LogP contribution in [-0.4, -0.2) is 46.5 Å². The first kappa shape index (κ1) is 21.9. The maximum Gasteiger partial charge on any atom is 0.318 e. The third-order valence-electron chi connectivity index (χ3n) is 5.55. The Kier molecular flexibility index (Phi) is 6.75. The van der Waals surface area contributed by atoms with Gasteiger partial charge in [0.15, 0.2) is 5.76 Å². The van der Waals surface area contributed by atoms with Gasteiger partial charge in [0, 0.05) is 36.8 Å². The van der Waals surface area contributed by atoms with Crippen molar-refractivity contribution in [1.82, 2.24) is 20.3 Å². The number of nitrogens with one attached hydrogen (secondary N) is 1. The number of likely N-dealkylation sites (N-methyl/N-ethyl adjacent to an activating group) is 1. The zero-order chi connectivity index (χ0) is 22.5. The number of hydrogen-bond acceptors (Lipinski definition) is 4. The van der Waals surface area contributed by atoms with Gasteiger partial charge in [-0.25, -0.2) is 4.79 Å². The molecule has 1 atom stereocenters. The van der Waals surface area contributed by atoms with E-state index in [1.807, 2.05) is 48.5 Å². The van der Waals surface area contributed by atoms with Crippen LogP contribution in [0.5, 0.6) is 0 Å². The molecule has 32 heavy (non-hydrogen) atoms.